The van der Waals surface area contributed by atoms with E-state index in [0.717, 1.165) is 16.9 Å². The Morgan fingerprint density at radius 1 is 1.18 bits per heavy atom. The first kappa shape index (κ1) is 28.6. The number of carbonyl (C=O) groups excluding carboxylic acids is 2. The average molecular weight is 479 g/mol. The maximum Gasteiger partial charge on any atom is 0.267 e. The molecule has 2 amide bonds. The average Bonchev–Trinajstić information content (AvgIpc) is 2.64. The molecule has 33 heavy (non-hydrogen) atoms. The van der Waals surface area contributed by atoms with Crippen LogP contribution in [0.4, 0.5) is 0 Å². The molecule has 0 fully saturated rings. The van der Waals surface area contributed by atoms with Crippen molar-refractivity contribution in [2.75, 3.05) is 19.8 Å². The van der Waals surface area contributed by atoms with Gasteiger partial charge in [-0.3, -0.25) is 14.1 Å². The molecule has 0 radical (unpaired) electrons. The Labute approximate surface area is 198 Å². The van der Waals surface area contributed by atoms with Crippen molar-refractivity contribution < 1.29 is 22.6 Å². The lowest BCUT2D eigenvalue weighted by Gasteiger charge is -2.32. The van der Waals surface area contributed by atoms with E-state index in [1.807, 2.05) is 19.1 Å². The number of hydrogen-bond acceptors (Lipinski definition) is 4. The highest BCUT2D eigenvalue weighted by Gasteiger charge is 2.27. The van der Waals surface area contributed by atoms with Crippen molar-refractivity contribution in [2.24, 2.45) is 5.41 Å². The molecule has 0 heterocycles. The van der Waals surface area contributed by atoms with Crippen LogP contribution in [-0.2, 0) is 19.7 Å². The molecule has 0 aromatic heterocycles. The molecule has 2 N–H and O–H groups in total. The highest BCUT2D eigenvalue weighted by molar-refractivity contribution is 7.85. The minimum atomic E-state index is -4.44. The zero-order chi connectivity index (χ0) is 25.4. The standard InChI is InChI=1S/C25H38N2O5S/c1-18(13-14-21-20(3)12-9-15-25(21,4)5)10-8-11-19(2)16-23(28)26-22(17-33(30,31)32)24(29)27(6)7/h8,10-11,13-14,16,22H,9,12,15,17H2,1-7H3,(H,26,28)(H,30,31,32)/b11-8+,14-13+,18-10+,19-16+. The van der Waals surface area contributed by atoms with Gasteiger partial charge in [0.05, 0.1) is 0 Å². The van der Waals surface area contributed by atoms with E-state index in [4.69, 9.17) is 4.55 Å². The van der Waals surface area contributed by atoms with Crippen LogP contribution in [-0.4, -0.2) is 55.6 Å². The molecule has 0 saturated heterocycles. The molecule has 184 valence electrons. The summed E-state index contributed by atoms with van der Waals surface area (Å²) < 4.78 is 31.4. The summed E-state index contributed by atoms with van der Waals surface area (Å²) in [5, 5.41) is 2.34. The lowest BCUT2D eigenvalue weighted by molar-refractivity contribution is -0.132. The van der Waals surface area contributed by atoms with Gasteiger partial charge in [-0.25, -0.2) is 0 Å². The highest BCUT2D eigenvalue weighted by Crippen LogP contribution is 2.40. The predicted octanol–water partition coefficient (Wildman–Crippen LogP) is 3.98. The number of likely N-dealkylation sites (N-methyl/N-ethyl adjacent to an activating group) is 1. The van der Waals surface area contributed by atoms with E-state index >= 15 is 0 Å². The molecule has 1 atom stereocenters. The summed E-state index contributed by atoms with van der Waals surface area (Å²) in [6, 6.07) is -1.37. The first-order valence-corrected chi connectivity index (χ1v) is 12.6. The summed E-state index contributed by atoms with van der Waals surface area (Å²) in [5.41, 5.74) is 4.70. The third-order valence-electron chi connectivity index (χ3n) is 5.57. The normalized spacial score (nSPS) is 18.7. The predicted molar refractivity (Wildman–Crippen MR) is 133 cm³/mol. The number of rotatable bonds is 9. The van der Waals surface area contributed by atoms with Crippen LogP contribution in [0.5, 0.6) is 0 Å². The molecule has 7 nitrogen and oxygen atoms in total. The third-order valence-corrected chi connectivity index (χ3v) is 6.32. The van der Waals surface area contributed by atoms with Crippen molar-refractivity contribution in [3.63, 3.8) is 0 Å². The van der Waals surface area contributed by atoms with E-state index in [9.17, 15) is 18.0 Å². The van der Waals surface area contributed by atoms with Gasteiger partial charge in [0.1, 0.15) is 11.8 Å². The van der Waals surface area contributed by atoms with Crippen LogP contribution < -0.4 is 5.32 Å². The van der Waals surface area contributed by atoms with Crippen molar-refractivity contribution in [3.05, 3.63) is 58.7 Å². The van der Waals surface area contributed by atoms with Gasteiger partial charge in [0.25, 0.3) is 10.1 Å². The van der Waals surface area contributed by atoms with E-state index < -0.39 is 33.7 Å². The molecule has 0 bridgehead atoms. The molecule has 8 heteroatoms. The third kappa shape index (κ3) is 10.4. The molecule has 0 aliphatic heterocycles. The van der Waals surface area contributed by atoms with Gasteiger partial charge in [-0.05, 0) is 56.6 Å². The Hall–Kier alpha value is -2.45. The van der Waals surface area contributed by atoms with Gasteiger partial charge in [0, 0.05) is 20.2 Å². The smallest absolute Gasteiger partial charge is 0.267 e. The lowest BCUT2D eigenvalue weighted by Crippen LogP contribution is -2.49. The summed E-state index contributed by atoms with van der Waals surface area (Å²) in [6.07, 6.45) is 14.6. The van der Waals surface area contributed by atoms with E-state index in [0.29, 0.717) is 5.57 Å². The van der Waals surface area contributed by atoms with Gasteiger partial charge in [-0.2, -0.15) is 8.42 Å². The largest absolute Gasteiger partial charge is 0.347 e. The fraction of sp³-hybridized carbons (Fsp3) is 0.520. The quantitative estimate of drug-likeness (QED) is 0.296. The number of carbonyl (C=O) groups is 2. The minimum Gasteiger partial charge on any atom is -0.347 e. The van der Waals surface area contributed by atoms with Crippen molar-refractivity contribution in [2.45, 2.75) is 59.9 Å². The van der Waals surface area contributed by atoms with Gasteiger partial charge in [-0.1, -0.05) is 55.4 Å². The van der Waals surface area contributed by atoms with Crippen molar-refractivity contribution in [1.29, 1.82) is 0 Å². The Morgan fingerprint density at radius 3 is 2.36 bits per heavy atom. The Bertz CT molecular complexity index is 996. The molecule has 1 unspecified atom stereocenters. The van der Waals surface area contributed by atoms with E-state index in [2.05, 4.69) is 38.2 Å². The van der Waals surface area contributed by atoms with E-state index in [-0.39, 0.29) is 5.41 Å². The molecule has 0 saturated carbocycles. The van der Waals surface area contributed by atoms with Crippen LogP contribution in [0.2, 0.25) is 0 Å². The van der Waals surface area contributed by atoms with Crippen molar-refractivity contribution in [3.8, 4) is 0 Å². The van der Waals surface area contributed by atoms with Gasteiger partial charge < -0.3 is 10.2 Å². The maximum atomic E-state index is 12.2. The second-order valence-corrected chi connectivity index (χ2v) is 11.0. The first-order chi connectivity index (χ1) is 15.1. The van der Waals surface area contributed by atoms with E-state index in [1.54, 1.807) is 13.0 Å². The fourth-order valence-electron chi connectivity index (χ4n) is 3.80. The number of amides is 2. The number of nitrogens with one attached hydrogen (secondary N) is 1. The monoisotopic (exact) mass is 478 g/mol. The summed E-state index contributed by atoms with van der Waals surface area (Å²) in [7, 11) is -1.57. The summed E-state index contributed by atoms with van der Waals surface area (Å²) >= 11 is 0. The summed E-state index contributed by atoms with van der Waals surface area (Å²) in [6.45, 7) is 10.5. The van der Waals surface area contributed by atoms with Crippen LogP contribution in [0.15, 0.2) is 58.7 Å². The minimum absolute atomic E-state index is 0.183. The first-order valence-electron chi connectivity index (χ1n) is 11.0. The van der Waals surface area contributed by atoms with Gasteiger partial charge in [0.2, 0.25) is 11.8 Å². The zero-order valence-electron chi connectivity index (χ0n) is 20.8. The molecule has 1 rings (SSSR count). The maximum absolute atomic E-state index is 12.2. The lowest BCUT2D eigenvalue weighted by atomic mass is 9.72. The molecule has 1 aliphatic rings. The highest BCUT2D eigenvalue weighted by atomic mass is 32.2. The Kier molecular flexibility index (Phi) is 10.5. The SMILES string of the molecule is CC1=C(/C=C/C(C)=C/C=C/C(C)=C/C(=O)NC(CS(=O)(=O)O)C(=O)N(C)C)C(C)(C)CCC1. The van der Waals surface area contributed by atoms with Gasteiger partial charge in [0.15, 0.2) is 0 Å². The van der Waals surface area contributed by atoms with Crippen LogP contribution in [0.3, 0.4) is 0 Å². The second-order valence-electron chi connectivity index (χ2n) is 9.47. The molecule has 0 aromatic rings. The van der Waals surface area contributed by atoms with Crippen LogP contribution >= 0.6 is 0 Å². The van der Waals surface area contributed by atoms with Crippen molar-refractivity contribution >= 4 is 21.9 Å². The number of hydrogen-bond donors (Lipinski definition) is 2. The van der Waals surface area contributed by atoms with Gasteiger partial charge in [-0.15, -0.1) is 0 Å². The number of nitrogens with zero attached hydrogens (tertiary/aromatic N) is 1. The topological polar surface area (TPSA) is 104 Å². The summed E-state index contributed by atoms with van der Waals surface area (Å²) in [4.78, 5) is 25.5. The fourth-order valence-corrected chi connectivity index (χ4v) is 4.44. The Balaban J connectivity index is 2.83. The molecular formula is C25H38N2O5S. The molecule has 0 aromatic carbocycles. The summed E-state index contributed by atoms with van der Waals surface area (Å²) in [5.74, 6) is -2.14. The molecular weight excluding hydrogens is 440 g/mol. The Morgan fingerprint density at radius 2 is 1.82 bits per heavy atom. The van der Waals surface area contributed by atoms with Gasteiger partial charge >= 0.3 is 0 Å². The zero-order valence-corrected chi connectivity index (χ0v) is 21.6. The molecule has 1 aliphatic carbocycles. The van der Waals surface area contributed by atoms with E-state index in [1.165, 1.54) is 44.2 Å². The second kappa shape index (κ2) is 12.1. The van der Waals surface area contributed by atoms with Crippen LogP contribution in [0, 0.1) is 5.41 Å². The number of allylic oxidation sites excluding steroid dienone is 9. The molecule has 0 spiro atoms. The van der Waals surface area contributed by atoms with Crippen LogP contribution in [0.25, 0.3) is 0 Å². The van der Waals surface area contributed by atoms with Crippen molar-refractivity contribution in [1.82, 2.24) is 10.2 Å². The van der Waals surface area contributed by atoms with Crippen LogP contribution in [0.1, 0.15) is 53.9 Å².